The van der Waals surface area contributed by atoms with Crippen LogP contribution in [-0.4, -0.2) is 49.4 Å². The molecule has 0 radical (unpaired) electrons. The number of Topliss-reactive ketones (excluding diaryl/α,β-unsaturated/α-hetero) is 1. The molecule has 142 valence electrons. The summed E-state index contributed by atoms with van der Waals surface area (Å²) in [5.41, 5.74) is 0.752. The first-order valence-corrected chi connectivity index (χ1v) is 9.76. The molecule has 27 heavy (non-hydrogen) atoms. The first-order valence-electron chi connectivity index (χ1n) is 9.76. The molecule has 5 nitrogen and oxygen atoms in total. The van der Waals surface area contributed by atoms with Crippen LogP contribution < -0.4 is 10.1 Å². The maximum atomic E-state index is 13.0. The highest BCUT2D eigenvalue weighted by Crippen LogP contribution is 2.26. The van der Waals surface area contributed by atoms with Gasteiger partial charge in [0.05, 0.1) is 13.7 Å². The molecule has 5 heteroatoms. The smallest absolute Gasteiger partial charge is 0.234 e. The van der Waals surface area contributed by atoms with Crippen LogP contribution in [0.5, 0.6) is 5.75 Å². The van der Waals surface area contributed by atoms with Gasteiger partial charge in [0.15, 0.2) is 5.78 Å². The highest BCUT2D eigenvalue weighted by Gasteiger charge is 2.29. The van der Waals surface area contributed by atoms with Gasteiger partial charge in [-0.3, -0.25) is 14.5 Å². The van der Waals surface area contributed by atoms with Crippen molar-refractivity contribution in [3.63, 3.8) is 0 Å². The average molecular weight is 366 g/mol. The second-order valence-corrected chi connectivity index (χ2v) is 7.71. The van der Waals surface area contributed by atoms with Gasteiger partial charge in [-0.15, -0.1) is 0 Å². The number of hydrogen-bond donors (Lipinski definition) is 1. The quantitative estimate of drug-likeness (QED) is 0.799. The largest absolute Gasteiger partial charge is 0.497 e. The molecule has 1 amide bonds. The molecule has 1 atom stereocenters. The van der Waals surface area contributed by atoms with Gasteiger partial charge in [-0.05, 0) is 61.2 Å². The second kappa shape index (κ2) is 7.69. The molecule has 1 aliphatic carbocycles. The Morgan fingerprint density at radius 3 is 2.67 bits per heavy atom. The van der Waals surface area contributed by atoms with Crippen LogP contribution in [0.2, 0.25) is 0 Å². The zero-order valence-corrected chi connectivity index (χ0v) is 15.7. The highest BCUT2D eigenvalue weighted by molar-refractivity contribution is 6.01. The number of fused-ring (bicyclic) bond motifs is 1. The Morgan fingerprint density at radius 2 is 1.89 bits per heavy atom. The third-order valence-electron chi connectivity index (χ3n) is 5.52. The number of nitrogens with one attached hydrogen (secondary N) is 1. The number of carbonyl (C=O) groups excluding carboxylic acids is 2. The van der Waals surface area contributed by atoms with E-state index in [4.69, 9.17) is 4.74 Å². The van der Waals surface area contributed by atoms with Gasteiger partial charge in [-0.1, -0.05) is 18.2 Å². The molecular weight excluding hydrogens is 340 g/mol. The lowest BCUT2D eigenvalue weighted by Gasteiger charge is -2.31. The predicted molar refractivity (Wildman–Crippen MR) is 105 cm³/mol. The molecule has 4 rings (SSSR count). The van der Waals surface area contributed by atoms with E-state index < -0.39 is 0 Å². The van der Waals surface area contributed by atoms with Crippen LogP contribution in [0.4, 0.5) is 0 Å². The first kappa shape index (κ1) is 18.0. The summed E-state index contributed by atoms with van der Waals surface area (Å²) in [6, 6.07) is 12.1. The monoisotopic (exact) mass is 366 g/mol. The first-order chi connectivity index (χ1) is 13.1. The molecular formula is C22H26N2O3. The molecule has 0 spiro atoms. The molecule has 0 bridgehead atoms. The van der Waals surface area contributed by atoms with Gasteiger partial charge in [-0.2, -0.15) is 0 Å². The van der Waals surface area contributed by atoms with Gasteiger partial charge in [0.2, 0.25) is 5.91 Å². The summed E-state index contributed by atoms with van der Waals surface area (Å²) >= 11 is 0. The van der Waals surface area contributed by atoms with Gasteiger partial charge in [0.1, 0.15) is 5.75 Å². The summed E-state index contributed by atoms with van der Waals surface area (Å²) in [5, 5.41) is 5.13. The summed E-state index contributed by atoms with van der Waals surface area (Å²) in [7, 11) is 1.65. The number of methoxy groups -OCH3 is 1. The number of ether oxygens (including phenoxy) is 1. The van der Waals surface area contributed by atoms with Crippen LogP contribution in [0, 0.1) is 5.92 Å². The van der Waals surface area contributed by atoms with E-state index in [9.17, 15) is 9.59 Å². The van der Waals surface area contributed by atoms with Gasteiger partial charge >= 0.3 is 0 Å². The SMILES string of the molecule is COc1ccc2cc(C(=O)[C@H]3CCCN(CC(=O)NC4CC4)C3)ccc2c1. The van der Waals surface area contributed by atoms with E-state index in [1.54, 1.807) is 7.11 Å². The summed E-state index contributed by atoms with van der Waals surface area (Å²) in [6.07, 6.45) is 4.04. The zero-order chi connectivity index (χ0) is 18.8. The van der Waals surface area contributed by atoms with Gasteiger partial charge in [0, 0.05) is 24.1 Å². The van der Waals surface area contributed by atoms with Crippen molar-refractivity contribution in [2.75, 3.05) is 26.7 Å². The fourth-order valence-corrected chi connectivity index (χ4v) is 3.86. The maximum Gasteiger partial charge on any atom is 0.234 e. The summed E-state index contributed by atoms with van der Waals surface area (Å²) in [6.45, 7) is 1.95. The Kier molecular flexibility index (Phi) is 5.12. The van der Waals surface area contributed by atoms with Crippen LogP contribution in [0.15, 0.2) is 36.4 Å². The van der Waals surface area contributed by atoms with Crippen molar-refractivity contribution in [1.29, 1.82) is 0 Å². The number of piperidine rings is 1. The van der Waals surface area contributed by atoms with Crippen molar-refractivity contribution in [1.82, 2.24) is 10.2 Å². The van der Waals surface area contributed by atoms with E-state index in [1.807, 2.05) is 36.4 Å². The Morgan fingerprint density at radius 1 is 1.11 bits per heavy atom. The van der Waals surface area contributed by atoms with Crippen LogP contribution in [-0.2, 0) is 4.79 Å². The van der Waals surface area contributed by atoms with E-state index in [2.05, 4.69) is 10.2 Å². The van der Waals surface area contributed by atoms with Crippen molar-refractivity contribution in [3.05, 3.63) is 42.0 Å². The number of carbonyl (C=O) groups is 2. The third kappa shape index (κ3) is 4.30. The number of rotatable bonds is 6. The van der Waals surface area contributed by atoms with Crippen LogP contribution >= 0.6 is 0 Å². The molecule has 1 saturated heterocycles. The normalized spacial score (nSPS) is 20.4. The van der Waals surface area contributed by atoms with Gasteiger partial charge < -0.3 is 10.1 Å². The molecule has 1 aliphatic heterocycles. The number of amides is 1. The van der Waals surface area contributed by atoms with E-state index in [1.165, 1.54) is 0 Å². The van der Waals surface area contributed by atoms with Crippen LogP contribution in [0.3, 0.4) is 0 Å². The molecule has 0 unspecified atom stereocenters. The fourth-order valence-electron chi connectivity index (χ4n) is 3.86. The van der Waals surface area contributed by atoms with Crippen LogP contribution in [0.1, 0.15) is 36.0 Å². The topological polar surface area (TPSA) is 58.6 Å². The Bertz CT molecular complexity index is 860. The number of ketones is 1. The Hall–Kier alpha value is -2.40. The molecule has 1 N–H and O–H groups in total. The standard InChI is InChI=1S/C22H26N2O3/c1-27-20-9-6-15-11-17(5-4-16(15)12-20)22(26)18-3-2-10-24(13-18)14-21(25)23-19-7-8-19/h4-6,9,11-12,18-19H,2-3,7-8,10,13-14H2,1H3,(H,23,25)/t18-/m0/s1. The van der Waals surface area contributed by atoms with E-state index in [0.29, 0.717) is 19.1 Å². The van der Waals surface area contributed by atoms with Crippen LogP contribution in [0.25, 0.3) is 10.8 Å². The maximum absolute atomic E-state index is 13.0. The fraction of sp³-hybridized carbons (Fsp3) is 0.455. The number of benzene rings is 2. The number of hydrogen-bond acceptors (Lipinski definition) is 4. The minimum Gasteiger partial charge on any atom is -0.497 e. The second-order valence-electron chi connectivity index (χ2n) is 7.71. The predicted octanol–water partition coefficient (Wildman–Crippen LogP) is 3.02. The molecule has 2 fully saturated rings. The van der Waals surface area contributed by atoms with E-state index >= 15 is 0 Å². The van der Waals surface area contributed by atoms with Gasteiger partial charge in [0.25, 0.3) is 0 Å². The lowest BCUT2D eigenvalue weighted by atomic mass is 9.89. The van der Waals surface area contributed by atoms with Crippen molar-refractivity contribution in [3.8, 4) is 5.75 Å². The number of likely N-dealkylation sites (tertiary alicyclic amines) is 1. The molecule has 2 aliphatic rings. The molecule has 1 heterocycles. The summed E-state index contributed by atoms with van der Waals surface area (Å²) in [5.74, 6) is 1.04. The zero-order valence-electron chi connectivity index (χ0n) is 15.7. The minimum absolute atomic E-state index is 0.0387. The van der Waals surface area contributed by atoms with E-state index in [-0.39, 0.29) is 17.6 Å². The lowest BCUT2D eigenvalue weighted by molar-refractivity contribution is -0.122. The molecule has 2 aromatic carbocycles. The van der Waals surface area contributed by atoms with Crippen molar-refractivity contribution < 1.29 is 14.3 Å². The molecule has 1 saturated carbocycles. The lowest BCUT2D eigenvalue weighted by Crippen LogP contribution is -2.44. The van der Waals surface area contributed by atoms with E-state index in [0.717, 1.165) is 54.3 Å². The molecule has 0 aromatic heterocycles. The van der Waals surface area contributed by atoms with Gasteiger partial charge in [-0.25, -0.2) is 0 Å². The van der Waals surface area contributed by atoms with Crippen molar-refractivity contribution in [2.24, 2.45) is 5.92 Å². The average Bonchev–Trinajstić information content (AvgIpc) is 3.50. The minimum atomic E-state index is -0.0387. The highest BCUT2D eigenvalue weighted by atomic mass is 16.5. The third-order valence-corrected chi connectivity index (χ3v) is 5.52. The number of nitrogens with zero attached hydrogens (tertiary/aromatic N) is 1. The Labute approximate surface area is 159 Å². The Balaban J connectivity index is 1.43. The summed E-state index contributed by atoms with van der Waals surface area (Å²) < 4.78 is 5.26. The summed E-state index contributed by atoms with van der Waals surface area (Å²) in [4.78, 5) is 27.2. The van der Waals surface area contributed by atoms with Crippen molar-refractivity contribution >= 4 is 22.5 Å². The molecule has 2 aromatic rings. The van der Waals surface area contributed by atoms with Crippen molar-refractivity contribution in [2.45, 2.75) is 31.7 Å².